The van der Waals surface area contributed by atoms with Gasteiger partial charge in [-0.1, -0.05) is 29.8 Å². The number of nitrogens with one attached hydrogen (secondary N) is 2. The van der Waals surface area contributed by atoms with Crippen molar-refractivity contribution in [3.05, 3.63) is 71.1 Å². The van der Waals surface area contributed by atoms with Crippen LogP contribution in [0.25, 0.3) is 11.3 Å². The summed E-state index contributed by atoms with van der Waals surface area (Å²) in [5.41, 5.74) is 2.67. The first-order chi connectivity index (χ1) is 11.1. The molecule has 0 unspecified atom stereocenters. The molecule has 3 aromatic rings. The minimum absolute atomic E-state index is 0.117. The number of nitrogens with zero attached hydrogens (tertiary/aromatic N) is 1. The lowest BCUT2D eigenvalue weighted by atomic mass is 10.1. The van der Waals surface area contributed by atoms with Gasteiger partial charge in [0.2, 0.25) is 5.91 Å². The molecule has 0 aliphatic carbocycles. The maximum atomic E-state index is 13.7. The summed E-state index contributed by atoms with van der Waals surface area (Å²) in [4.78, 5) is 12.0. The first-order valence-electron chi connectivity index (χ1n) is 6.96. The van der Waals surface area contributed by atoms with Gasteiger partial charge < -0.3 is 5.32 Å². The summed E-state index contributed by atoms with van der Waals surface area (Å²) in [6.07, 6.45) is 1.55. The molecule has 2 N–H and O–H groups in total. The van der Waals surface area contributed by atoms with Gasteiger partial charge in [0.05, 0.1) is 12.1 Å². The topological polar surface area (TPSA) is 57.8 Å². The fourth-order valence-corrected chi connectivity index (χ4v) is 2.45. The SMILES string of the molecule is O=C(Cc1c(F)cccc1Cl)Nc1ccc(-c2ccn[nH]2)cc1. The molecule has 1 amide bonds. The minimum Gasteiger partial charge on any atom is -0.326 e. The predicted molar refractivity (Wildman–Crippen MR) is 87.8 cm³/mol. The monoisotopic (exact) mass is 329 g/mol. The second kappa shape index (κ2) is 6.62. The van der Waals surface area contributed by atoms with Gasteiger partial charge in [-0.2, -0.15) is 5.10 Å². The quantitative estimate of drug-likeness (QED) is 0.758. The molecule has 3 rings (SSSR count). The Morgan fingerprint density at radius 2 is 1.96 bits per heavy atom. The molecule has 0 atom stereocenters. The Morgan fingerprint density at radius 1 is 1.17 bits per heavy atom. The summed E-state index contributed by atoms with van der Waals surface area (Å²) < 4.78 is 13.7. The van der Waals surface area contributed by atoms with E-state index in [1.54, 1.807) is 24.4 Å². The Kier molecular flexibility index (Phi) is 4.39. The molecule has 0 saturated carbocycles. The van der Waals surface area contributed by atoms with E-state index in [9.17, 15) is 9.18 Å². The Morgan fingerprint density at radius 3 is 2.61 bits per heavy atom. The van der Waals surface area contributed by atoms with Gasteiger partial charge in [-0.15, -0.1) is 0 Å². The van der Waals surface area contributed by atoms with E-state index in [4.69, 9.17) is 11.6 Å². The minimum atomic E-state index is -0.484. The molecular weight excluding hydrogens is 317 g/mol. The van der Waals surface area contributed by atoms with Crippen LogP contribution in [0, 0.1) is 5.82 Å². The molecule has 0 fully saturated rings. The third-order valence-electron chi connectivity index (χ3n) is 3.38. The highest BCUT2D eigenvalue weighted by molar-refractivity contribution is 6.31. The highest BCUT2D eigenvalue weighted by Gasteiger charge is 2.12. The van der Waals surface area contributed by atoms with Crippen LogP contribution in [0.3, 0.4) is 0 Å². The molecule has 0 bridgehead atoms. The van der Waals surface area contributed by atoms with Gasteiger partial charge in [-0.05, 0) is 35.9 Å². The van der Waals surface area contributed by atoms with E-state index in [1.807, 2.05) is 18.2 Å². The third-order valence-corrected chi connectivity index (χ3v) is 3.73. The van der Waals surface area contributed by atoms with Crippen molar-refractivity contribution < 1.29 is 9.18 Å². The second-order valence-corrected chi connectivity index (χ2v) is 5.38. The maximum Gasteiger partial charge on any atom is 0.228 e. The number of benzene rings is 2. The van der Waals surface area contributed by atoms with Crippen LogP contribution in [0.4, 0.5) is 10.1 Å². The van der Waals surface area contributed by atoms with Gasteiger partial charge in [0.25, 0.3) is 0 Å². The number of carbonyl (C=O) groups excluding carboxylic acids is 1. The number of halogens is 2. The second-order valence-electron chi connectivity index (χ2n) is 4.97. The van der Waals surface area contributed by atoms with Gasteiger partial charge in [0, 0.05) is 22.5 Å². The summed E-state index contributed by atoms with van der Waals surface area (Å²) in [6, 6.07) is 13.5. The molecular formula is C17H13ClFN3O. The van der Waals surface area contributed by atoms with Crippen LogP contribution in [0.15, 0.2) is 54.7 Å². The number of hydrogen-bond acceptors (Lipinski definition) is 2. The summed E-state index contributed by atoms with van der Waals surface area (Å²) in [6.45, 7) is 0. The van der Waals surface area contributed by atoms with E-state index < -0.39 is 5.82 Å². The normalized spacial score (nSPS) is 10.5. The zero-order valence-electron chi connectivity index (χ0n) is 12.0. The number of anilines is 1. The van der Waals surface area contributed by atoms with Crippen molar-refractivity contribution in [2.45, 2.75) is 6.42 Å². The molecule has 0 radical (unpaired) electrons. The van der Waals surface area contributed by atoms with Crippen molar-refractivity contribution in [1.82, 2.24) is 10.2 Å². The number of hydrogen-bond donors (Lipinski definition) is 2. The van der Waals surface area contributed by atoms with Gasteiger partial charge >= 0.3 is 0 Å². The number of rotatable bonds is 4. The molecule has 1 heterocycles. The molecule has 0 aliphatic rings. The summed E-state index contributed by atoms with van der Waals surface area (Å²) >= 11 is 5.93. The number of H-pyrrole nitrogens is 1. The summed E-state index contributed by atoms with van der Waals surface area (Å²) in [5, 5.41) is 9.73. The largest absolute Gasteiger partial charge is 0.326 e. The maximum absolute atomic E-state index is 13.7. The number of aromatic nitrogens is 2. The molecule has 0 saturated heterocycles. The number of aromatic amines is 1. The van der Waals surface area contributed by atoms with Crippen LogP contribution >= 0.6 is 11.6 Å². The first-order valence-corrected chi connectivity index (χ1v) is 7.34. The van der Waals surface area contributed by atoms with Crippen LogP contribution in [-0.4, -0.2) is 16.1 Å². The van der Waals surface area contributed by atoms with Crippen LogP contribution < -0.4 is 5.32 Å². The molecule has 2 aromatic carbocycles. The van der Waals surface area contributed by atoms with Crippen LogP contribution in [0.2, 0.25) is 5.02 Å². The van der Waals surface area contributed by atoms with E-state index in [1.165, 1.54) is 12.1 Å². The van der Waals surface area contributed by atoms with E-state index in [0.717, 1.165) is 11.3 Å². The van der Waals surface area contributed by atoms with Gasteiger partial charge in [-0.25, -0.2) is 4.39 Å². The lowest BCUT2D eigenvalue weighted by molar-refractivity contribution is -0.115. The molecule has 1 aromatic heterocycles. The van der Waals surface area contributed by atoms with Crippen LogP contribution in [0.1, 0.15) is 5.56 Å². The van der Waals surface area contributed by atoms with Crippen molar-refractivity contribution in [3.63, 3.8) is 0 Å². The zero-order chi connectivity index (χ0) is 16.2. The standard InChI is InChI=1S/C17H13ClFN3O/c18-14-2-1-3-15(19)13(14)10-17(23)21-12-6-4-11(5-7-12)16-8-9-20-22-16/h1-9H,10H2,(H,20,22)(H,21,23). The van der Waals surface area contributed by atoms with Gasteiger partial charge in [0.1, 0.15) is 5.82 Å². The zero-order valence-corrected chi connectivity index (χ0v) is 12.8. The fourth-order valence-electron chi connectivity index (χ4n) is 2.22. The van der Waals surface area contributed by atoms with Gasteiger partial charge in [-0.3, -0.25) is 9.89 Å². The highest BCUT2D eigenvalue weighted by Crippen LogP contribution is 2.21. The average molecular weight is 330 g/mol. The van der Waals surface area contributed by atoms with Crippen molar-refractivity contribution >= 4 is 23.2 Å². The molecule has 23 heavy (non-hydrogen) atoms. The van der Waals surface area contributed by atoms with E-state index in [0.29, 0.717) is 5.69 Å². The van der Waals surface area contributed by atoms with Crippen LogP contribution in [0.5, 0.6) is 0 Å². The number of amides is 1. The van der Waals surface area contributed by atoms with E-state index in [2.05, 4.69) is 15.5 Å². The molecule has 0 spiro atoms. The lowest BCUT2D eigenvalue weighted by Crippen LogP contribution is -2.15. The van der Waals surface area contributed by atoms with Crippen molar-refractivity contribution in [2.24, 2.45) is 0 Å². The first kappa shape index (κ1) is 15.2. The summed E-state index contributed by atoms with van der Waals surface area (Å²) in [7, 11) is 0. The summed E-state index contributed by atoms with van der Waals surface area (Å²) in [5.74, 6) is -0.812. The third kappa shape index (κ3) is 3.57. The fraction of sp³-hybridized carbons (Fsp3) is 0.0588. The smallest absolute Gasteiger partial charge is 0.228 e. The van der Waals surface area contributed by atoms with E-state index >= 15 is 0 Å². The van der Waals surface area contributed by atoms with Crippen molar-refractivity contribution in [3.8, 4) is 11.3 Å². The Labute approximate surface area is 137 Å². The predicted octanol–water partition coefficient (Wildman–Crippen LogP) is 4.05. The van der Waals surface area contributed by atoms with Crippen molar-refractivity contribution in [2.75, 3.05) is 5.32 Å². The number of carbonyl (C=O) groups is 1. The van der Waals surface area contributed by atoms with E-state index in [-0.39, 0.29) is 22.9 Å². The Bertz CT molecular complexity index is 796. The molecule has 0 aliphatic heterocycles. The highest BCUT2D eigenvalue weighted by atomic mass is 35.5. The van der Waals surface area contributed by atoms with Crippen molar-refractivity contribution in [1.29, 1.82) is 0 Å². The average Bonchev–Trinajstić information content (AvgIpc) is 3.06. The Hall–Kier alpha value is -2.66. The van der Waals surface area contributed by atoms with Gasteiger partial charge in [0.15, 0.2) is 0 Å². The van der Waals surface area contributed by atoms with Crippen LogP contribution in [-0.2, 0) is 11.2 Å². The molecule has 4 nitrogen and oxygen atoms in total. The lowest BCUT2D eigenvalue weighted by Gasteiger charge is -2.08. The molecule has 6 heteroatoms. The Balaban J connectivity index is 1.68. The molecule has 116 valence electrons.